The SMILES string of the molecule is CCNC(=NCCCCN1CC(C)CC(C)C1)NCCn1cnnc1CC.I. The molecule has 7 nitrogen and oxygen atoms in total. The Morgan fingerprint density at radius 1 is 1.14 bits per heavy atom. The van der Waals surface area contributed by atoms with Crippen LogP contribution in [0.3, 0.4) is 0 Å². The summed E-state index contributed by atoms with van der Waals surface area (Å²) >= 11 is 0. The number of aromatic nitrogens is 3. The van der Waals surface area contributed by atoms with E-state index in [0.29, 0.717) is 0 Å². The van der Waals surface area contributed by atoms with Crippen LogP contribution >= 0.6 is 24.0 Å². The van der Waals surface area contributed by atoms with E-state index >= 15 is 0 Å². The molecular formula is C20H40IN7. The second kappa shape index (κ2) is 14.1. The van der Waals surface area contributed by atoms with Crippen LogP contribution in [0.1, 0.15) is 52.8 Å². The van der Waals surface area contributed by atoms with Crippen LogP contribution in [0.5, 0.6) is 0 Å². The Morgan fingerprint density at radius 3 is 2.57 bits per heavy atom. The van der Waals surface area contributed by atoms with E-state index in [2.05, 4.69) is 58.0 Å². The van der Waals surface area contributed by atoms with E-state index < -0.39 is 0 Å². The molecule has 1 fully saturated rings. The molecule has 1 aliphatic heterocycles. The van der Waals surface area contributed by atoms with Gasteiger partial charge in [0.1, 0.15) is 12.2 Å². The third-order valence-corrected chi connectivity index (χ3v) is 5.10. The zero-order valence-corrected chi connectivity index (χ0v) is 20.5. The van der Waals surface area contributed by atoms with E-state index in [0.717, 1.165) is 62.6 Å². The van der Waals surface area contributed by atoms with Crippen molar-refractivity contribution < 1.29 is 0 Å². The molecule has 1 saturated heterocycles. The Bertz CT molecular complexity index is 551. The summed E-state index contributed by atoms with van der Waals surface area (Å²) in [4.78, 5) is 7.36. The van der Waals surface area contributed by atoms with Crippen LogP contribution in [-0.2, 0) is 13.0 Å². The number of piperidine rings is 1. The van der Waals surface area contributed by atoms with Crippen LogP contribution in [0.15, 0.2) is 11.3 Å². The number of guanidine groups is 1. The van der Waals surface area contributed by atoms with E-state index in [9.17, 15) is 0 Å². The molecule has 1 aromatic rings. The van der Waals surface area contributed by atoms with Crippen molar-refractivity contribution in [1.82, 2.24) is 30.3 Å². The fourth-order valence-corrected chi connectivity index (χ4v) is 3.99. The summed E-state index contributed by atoms with van der Waals surface area (Å²) in [5.74, 6) is 3.62. The van der Waals surface area contributed by atoms with Crippen molar-refractivity contribution in [2.45, 2.75) is 59.9 Å². The molecule has 2 atom stereocenters. The topological polar surface area (TPSA) is 70.4 Å². The molecule has 0 aliphatic carbocycles. The first-order chi connectivity index (χ1) is 13.1. The molecule has 0 bridgehead atoms. The fraction of sp³-hybridized carbons (Fsp3) is 0.850. The maximum atomic E-state index is 4.72. The van der Waals surface area contributed by atoms with Gasteiger partial charge in [-0.05, 0) is 44.6 Å². The summed E-state index contributed by atoms with van der Waals surface area (Å²) < 4.78 is 2.09. The van der Waals surface area contributed by atoms with Gasteiger partial charge in [0, 0.05) is 45.7 Å². The molecule has 2 heterocycles. The van der Waals surface area contributed by atoms with Gasteiger partial charge in [-0.1, -0.05) is 20.8 Å². The largest absolute Gasteiger partial charge is 0.357 e. The van der Waals surface area contributed by atoms with Crippen LogP contribution < -0.4 is 10.6 Å². The second-order valence-corrected chi connectivity index (χ2v) is 7.89. The lowest BCUT2D eigenvalue weighted by molar-refractivity contribution is 0.139. The first-order valence-corrected chi connectivity index (χ1v) is 10.7. The average molecular weight is 505 g/mol. The van der Waals surface area contributed by atoms with Crippen LogP contribution in [0.4, 0.5) is 0 Å². The maximum absolute atomic E-state index is 4.72. The highest BCUT2D eigenvalue weighted by Gasteiger charge is 2.20. The minimum Gasteiger partial charge on any atom is -0.357 e. The predicted molar refractivity (Wildman–Crippen MR) is 127 cm³/mol. The molecule has 0 spiro atoms. The normalized spacial score (nSPS) is 20.6. The van der Waals surface area contributed by atoms with E-state index in [1.54, 1.807) is 6.33 Å². The van der Waals surface area contributed by atoms with Gasteiger partial charge in [-0.3, -0.25) is 4.99 Å². The molecule has 1 aromatic heterocycles. The van der Waals surface area contributed by atoms with Gasteiger partial charge in [0.2, 0.25) is 0 Å². The summed E-state index contributed by atoms with van der Waals surface area (Å²) in [6.45, 7) is 16.1. The van der Waals surface area contributed by atoms with Crippen LogP contribution in [0.2, 0.25) is 0 Å². The van der Waals surface area contributed by atoms with E-state index in [1.165, 1.54) is 32.5 Å². The van der Waals surface area contributed by atoms with Gasteiger partial charge in [-0.25, -0.2) is 0 Å². The van der Waals surface area contributed by atoms with Gasteiger partial charge in [0.05, 0.1) is 0 Å². The molecule has 0 aromatic carbocycles. The zero-order valence-electron chi connectivity index (χ0n) is 18.2. The summed E-state index contributed by atoms with van der Waals surface area (Å²) in [5, 5.41) is 14.8. The Labute approximate surface area is 188 Å². The number of nitrogens with one attached hydrogen (secondary N) is 2. The molecule has 0 radical (unpaired) electrons. The lowest BCUT2D eigenvalue weighted by atomic mass is 9.92. The van der Waals surface area contributed by atoms with Crippen LogP contribution in [-0.4, -0.2) is 64.9 Å². The highest BCUT2D eigenvalue weighted by molar-refractivity contribution is 14.0. The number of nitrogens with zero attached hydrogens (tertiary/aromatic N) is 5. The average Bonchev–Trinajstić information content (AvgIpc) is 3.08. The summed E-state index contributed by atoms with van der Waals surface area (Å²) in [6.07, 6.45) is 6.45. The summed E-state index contributed by atoms with van der Waals surface area (Å²) in [6, 6.07) is 0. The van der Waals surface area contributed by atoms with Gasteiger partial charge in [-0.2, -0.15) is 0 Å². The quantitative estimate of drug-likeness (QED) is 0.222. The number of aliphatic imine (C=N–C) groups is 1. The molecule has 0 saturated carbocycles. The third kappa shape index (κ3) is 9.07. The Balaban J connectivity index is 0.00000392. The third-order valence-electron chi connectivity index (χ3n) is 5.10. The van der Waals surface area contributed by atoms with Crippen LogP contribution in [0.25, 0.3) is 0 Å². The van der Waals surface area contributed by atoms with Gasteiger partial charge >= 0.3 is 0 Å². The van der Waals surface area contributed by atoms with Crippen molar-refractivity contribution in [2.75, 3.05) is 39.3 Å². The van der Waals surface area contributed by atoms with Gasteiger partial charge < -0.3 is 20.1 Å². The standard InChI is InChI=1S/C20H39N7.HI/c1-5-19-25-24-16-27(19)12-10-23-20(21-6-2)22-9-7-8-11-26-14-17(3)13-18(4)15-26;/h16-18H,5-15H2,1-4H3,(H2,21,22,23);1H. The number of halogens is 1. The Morgan fingerprint density at radius 2 is 1.89 bits per heavy atom. The Kier molecular flexibility index (Phi) is 12.7. The molecule has 2 rings (SSSR count). The van der Waals surface area contributed by atoms with E-state index in [1.807, 2.05) is 0 Å². The molecule has 162 valence electrons. The van der Waals surface area contributed by atoms with Crippen molar-refractivity contribution in [1.29, 1.82) is 0 Å². The van der Waals surface area contributed by atoms with Crippen molar-refractivity contribution in [2.24, 2.45) is 16.8 Å². The molecule has 28 heavy (non-hydrogen) atoms. The lowest BCUT2D eigenvalue weighted by Gasteiger charge is -2.34. The molecule has 1 aliphatic rings. The minimum absolute atomic E-state index is 0. The van der Waals surface area contributed by atoms with Gasteiger partial charge in [-0.15, -0.1) is 34.2 Å². The molecular weight excluding hydrogens is 465 g/mol. The lowest BCUT2D eigenvalue weighted by Crippen LogP contribution is -2.39. The van der Waals surface area contributed by atoms with E-state index in [4.69, 9.17) is 4.99 Å². The molecule has 8 heteroatoms. The van der Waals surface area contributed by atoms with E-state index in [-0.39, 0.29) is 24.0 Å². The number of aryl methyl sites for hydroxylation is 1. The van der Waals surface area contributed by atoms with Crippen molar-refractivity contribution in [3.8, 4) is 0 Å². The smallest absolute Gasteiger partial charge is 0.191 e. The second-order valence-electron chi connectivity index (χ2n) is 7.89. The van der Waals surface area contributed by atoms with Gasteiger partial charge in [0.25, 0.3) is 0 Å². The highest BCUT2D eigenvalue weighted by atomic mass is 127. The van der Waals surface area contributed by atoms with Crippen LogP contribution in [0, 0.1) is 11.8 Å². The Hall–Kier alpha value is -0.900. The fourth-order valence-electron chi connectivity index (χ4n) is 3.99. The zero-order chi connectivity index (χ0) is 19.5. The van der Waals surface area contributed by atoms with Crippen molar-refractivity contribution in [3.63, 3.8) is 0 Å². The first kappa shape index (κ1) is 25.1. The number of hydrogen-bond acceptors (Lipinski definition) is 4. The number of likely N-dealkylation sites (tertiary alicyclic amines) is 1. The first-order valence-electron chi connectivity index (χ1n) is 10.7. The summed E-state index contributed by atoms with van der Waals surface area (Å²) in [7, 11) is 0. The highest BCUT2D eigenvalue weighted by Crippen LogP contribution is 2.20. The predicted octanol–water partition coefficient (Wildman–Crippen LogP) is 2.77. The maximum Gasteiger partial charge on any atom is 0.191 e. The van der Waals surface area contributed by atoms with Gasteiger partial charge in [0.15, 0.2) is 5.96 Å². The summed E-state index contributed by atoms with van der Waals surface area (Å²) in [5.41, 5.74) is 0. The number of unbranched alkanes of at least 4 members (excludes halogenated alkanes) is 1. The number of rotatable bonds is 10. The molecule has 0 amide bonds. The molecule has 2 unspecified atom stereocenters. The van der Waals surface area contributed by atoms with Crippen molar-refractivity contribution >= 4 is 29.9 Å². The molecule has 2 N–H and O–H groups in total. The number of hydrogen-bond donors (Lipinski definition) is 2. The van der Waals surface area contributed by atoms with Crippen molar-refractivity contribution in [3.05, 3.63) is 12.2 Å². The minimum atomic E-state index is 0. The monoisotopic (exact) mass is 505 g/mol.